The van der Waals surface area contributed by atoms with E-state index in [0.717, 1.165) is 19.6 Å². The molecule has 2 heterocycles. The molecule has 1 aliphatic rings. The van der Waals surface area contributed by atoms with Crippen molar-refractivity contribution in [1.82, 2.24) is 20.0 Å². The summed E-state index contributed by atoms with van der Waals surface area (Å²) in [6.07, 6.45) is 0.270. The summed E-state index contributed by atoms with van der Waals surface area (Å²) in [6.45, 7) is 5.23. The molecule has 134 valence electrons. The van der Waals surface area contributed by atoms with Gasteiger partial charge in [0.2, 0.25) is 17.7 Å². The number of benzene rings is 1. The van der Waals surface area contributed by atoms with E-state index in [1.54, 1.807) is 18.9 Å². The minimum atomic E-state index is -0.0863. The first-order valence-corrected chi connectivity index (χ1v) is 8.51. The van der Waals surface area contributed by atoms with Gasteiger partial charge in [0.15, 0.2) is 0 Å². The zero-order valence-corrected chi connectivity index (χ0v) is 14.7. The highest BCUT2D eigenvalue weighted by atomic mass is 16.5. The molecule has 1 atom stereocenters. The zero-order chi connectivity index (χ0) is 17.6. The molecule has 0 aliphatic carbocycles. The number of carbonyl (C=O) groups excluding carboxylic acids is 1. The highest BCUT2D eigenvalue weighted by Crippen LogP contribution is 2.14. The van der Waals surface area contributed by atoms with E-state index in [1.807, 2.05) is 18.2 Å². The maximum atomic E-state index is 12.4. The molecule has 7 nitrogen and oxygen atoms in total. The van der Waals surface area contributed by atoms with E-state index < -0.39 is 0 Å². The maximum Gasteiger partial charge on any atom is 0.235 e. The highest BCUT2D eigenvalue weighted by molar-refractivity contribution is 5.76. The van der Waals surface area contributed by atoms with Gasteiger partial charge in [0.1, 0.15) is 0 Å². The Labute approximate surface area is 147 Å². The minimum absolute atomic E-state index is 0.0161. The van der Waals surface area contributed by atoms with Crippen LogP contribution in [0.2, 0.25) is 0 Å². The molecule has 0 saturated carbocycles. The van der Waals surface area contributed by atoms with Crippen LogP contribution in [-0.2, 0) is 22.6 Å². The van der Waals surface area contributed by atoms with E-state index in [4.69, 9.17) is 9.15 Å². The molecule has 0 bridgehead atoms. The fraction of sp³-hybridized carbons (Fsp3) is 0.500. The fourth-order valence-corrected chi connectivity index (χ4v) is 2.93. The number of aryl methyl sites for hydroxylation is 1. The van der Waals surface area contributed by atoms with E-state index in [1.165, 1.54) is 5.56 Å². The van der Waals surface area contributed by atoms with E-state index in [2.05, 4.69) is 27.2 Å². The van der Waals surface area contributed by atoms with Crippen LogP contribution in [0.25, 0.3) is 0 Å². The lowest BCUT2D eigenvalue weighted by Gasteiger charge is -2.33. The first-order chi connectivity index (χ1) is 12.1. The van der Waals surface area contributed by atoms with Crippen molar-refractivity contribution in [3.8, 4) is 0 Å². The summed E-state index contributed by atoms with van der Waals surface area (Å²) in [5.74, 6) is 0.967. The molecule has 25 heavy (non-hydrogen) atoms. The molecule has 1 aromatic carbocycles. The number of morpholine rings is 1. The molecule has 1 aromatic heterocycles. The van der Waals surface area contributed by atoms with E-state index in [0.29, 0.717) is 31.4 Å². The molecule has 1 saturated heterocycles. The SMILES string of the molecule is Cc1nnc(CN(C)C(=O)C[C@@H]2CN(Cc3ccccc3)CCO2)o1. The summed E-state index contributed by atoms with van der Waals surface area (Å²) in [5.41, 5.74) is 1.28. The Morgan fingerprint density at radius 3 is 2.84 bits per heavy atom. The van der Waals surface area contributed by atoms with Crippen LogP contribution in [0, 0.1) is 6.92 Å². The second-order valence-electron chi connectivity index (χ2n) is 6.38. The Morgan fingerprint density at radius 1 is 1.32 bits per heavy atom. The molecule has 2 aromatic rings. The van der Waals surface area contributed by atoms with Crippen LogP contribution in [0.3, 0.4) is 0 Å². The Morgan fingerprint density at radius 2 is 2.12 bits per heavy atom. The predicted molar refractivity (Wildman–Crippen MR) is 91.6 cm³/mol. The number of nitrogens with zero attached hydrogens (tertiary/aromatic N) is 4. The van der Waals surface area contributed by atoms with Crippen molar-refractivity contribution < 1.29 is 13.9 Å². The maximum absolute atomic E-state index is 12.4. The van der Waals surface area contributed by atoms with Gasteiger partial charge in [0.05, 0.1) is 25.7 Å². The van der Waals surface area contributed by atoms with Crippen molar-refractivity contribution in [3.05, 3.63) is 47.7 Å². The highest BCUT2D eigenvalue weighted by Gasteiger charge is 2.24. The van der Waals surface area contributed by atoms with Gasteiger partial charge in [0, 0.05) is 33.6 Å². The van der Waals surface area contributed by atoms with Crippen LogP contribution in [0.15, 0.2) is 34.7 Å². The normalized spacial score (nSPS) is 18.2. The number of ether oxygens (including phenoxy) is 1. The van der Waals surface area contributed by atoms with Crippen molar-refractivity contribution in [2.75, 3.05) is 26.7 Å². The van der Waals surface area contributed by atoms with Crippen molar-refractivity contribution in [3.63, 3.8) is 0 Å². The van der Waals surface area contributed by atoms with Gasteiger partial charge in [-0.15, -0.1) is 10.2 Å². The Balaban J connectivity index is 1.48. The summed E-state index contributed by atoms with van der Waals surface area (Å²) in [6, 6.07) is 10.4. The fourth-order valence-electron chi connectivity index (χ4n) is 2.93. The van der Waals surface area contributed by atoms with Crippen LogP contribution < -0.4 is 0 Å². The molecule has 1 fully saturated rings. The minimum Gasteiger partial charge on any atom is -0.424 e. The number of carbonyl (C=O) groups is 1. The molecular weight excluding hydrogens is 320 g/mol. The second-order valence-corrected chi connectivity index (χ2v) is 6.38. The molecule has 1 aliphatic heterocycles. The van der Waals surface area contributed by atoms with Gasteiger partial charge in [-0.1, -0.05) is 30.3 Å². The van der Waals surface area contributed by atoms with Gasteiger partial charge in [-0.25, -0.2) is 0 Å². The average Bonchev–Trinajstić information content (AvgIpc) is 3.01. The molecule has 0 N–H and O–H groups in total. The van der Waals surface area contributed by atoms with E-state index in [9.17, 15) is 4.79 Å². The summed E-state index contributed by atoms with van der Waals surface area (Å²) in [4.78, 5) is 16.4. The first kappa shape index (κ1) is 17.6. The Kier molecular flexibility index (Phi) is 5.78. The third kappa shape index (κ3) is 5.11. The number of amides is 1. The summed E-state index contributed by atoms with van der Waals surface area (Å²) in [5, 5.41) is 7.70. The van der Waals surface area contributed by atoms with Crippen molar-refractivity contribution >= 4 is 5.91 Å². The van der Waals surface area contributed by atoms with Crippen LogP contribution >= 0.6 is 0 Å². The van der Waals surface area contributed by atoms with E-state index in [-0.39, 0.29) is 12.0 Å². The lowest BCUT2D eigenvalue weighted by atomic mass is 10.1. The van der Waals surface area contributed by atoms with Gasteiger partial charge in [-0.2, -0.15) is 0 Å². The summed E-state index contributed by atoms with van der Waals surface area (Å²) < 4.78 is 11.1. The number of hydrogen-bond donors (Lipinski definition) is 0. The molecule has 0 spiro atoms. The lowest BCUT2D eigenvalue weighted by molar-refractivity contribution is -0.135. The molecular formula is C18H24N4O3. The van der Waals surface area contributed by atoms with Gasteiger partial charge in [-0.05, 0) is 5.56 Å². The van der Waals surface area contributed by atoms with Crippen molar-refractivity contribution in [2.24, 2.45) is 0 Å². The number of aromatic nitrogens is 2. The Hall–Kier alpha value is -2.25. The van der Waals surface area contributed by atoms with Gasteiger partial charge >= 0.3 is 0 Å². The summed E-state index contributed by atoms with van der Waals surface area (Å²) >= 11 is 0. The molecule has 3 rings (SSSR count). The quantitative estimate of drug-likeness (QED) is 0.793. The monoisotopic (exact) mass is 344 g/mol. The summed E-state index contributed by atoms with van der Waals surface area (Å²) in [7, 11) is 1.74. The first-order valence-electron chi connectivity index (χ1n) is 8.51. The largest absolute Gasteiger partial charge is 0.424 e. The van der Waals surface area contributed by atoms with Crippen LogP contribution in [0.4, 0.5) is 0 Å². The van der Waals surface area contributed by atoms with Gasteiger partial charge in [0.25, 0.3) is 0 Å². The molecule has 0 radical (unpaired) electrons. The molecule has 7 heteroatoms. The molecule has 0 unspecified atom stereocenters. The smallest absolute Gasteiger partial charge is 0.235 e. The predicted octanol–water partition coefficient (Wildman–Crippen LogP) is 1.63. The van der Waals surface area contributed by atoms with Crippen LogP contribution in [0.5, 0.6) is 0 Å². The molecule has 1 amide bonds. The zero-order valence-electron chi connectivity index (χ0n) is 14.7. The van der Waals surface area contributed by atoms with Crippen molar-refractivity contribution in [1.29, 1.82) is 0 Å². The Bertz CT molecular complexity index is 689. The van der Waals surface area contributed by atoms with E-state index >= 15 is 0 Å². The number of rotatable bonds is 6. The topological polar surface area (TPSA) is 71.7 Å². The van der Waals surface area contributed by atoms with Gasteiger partial charge < -0.3 is 14.1 Å². The second kappa shape index (κ2) is 8.22. The van der Waals surface area contributed by atoms with Crippen LogP contribution in [0.1, 0.15) is 23.8 Å². The third-order valence-corrected chi connectivity index (χ3v) is 4.24. The van der Waals surface area contributed by atoms with Crippen molar-refractivity contribution in [2.45, 2.75) is 32.5 Å². The van der Waals surface area contributed by atoms with Gasteiger partial charge in [-0.3, -0.25) is 9.69 Å². The third-order valence-electron chi connectivity index (χ3n) is 4.24. The lowest BCUT2D eigenvalue weighted by Crippen LogP contribution is -2.44. The number of hydrogen-bond acceptors (Lipinski definition) is 6. The standard InChI is InChI=1S/C18H24N4O3/c1-14-19-20-17(25-14)13-21(2)18(23)10-16-12-22(8-9-24-16)11-15-6-4-3-5-7-15/h3-7,16H,8-13H2,1-2H3/t16-/m1/s1. The van der Waals surface area contributed by atoms with Crippen LogP contribution in [-0.4, -0.2) is 58.8 Å². The average molecular weight is 344 g/mol.